The number of allylic oxidation sites excluding steroid dienone is 5. The Morgan fingerprint density at radius 2 is 1.42 bits per heavy atom. The van der Waals surface area contributed by atoms with E-state index >= 15 is 0 Å². The van der Waals surface area contributed by atoms with E-state index in [-0.39, 0.29) is 28.0 Å². The summed E-state index contributed by atoms with van der Waals surface area (Å²) in [6, 6.07) is 4.21. The van der Waals surface area contributed by atoms with Gasteiger partial charge < -0.3 is 0 Å². The smallest absolute Gasteiger partial charge is 0.271 e. The van der Waals surface area contributed by atoms with Gasteiger partial charge in [-0.25, -0.2) is 4.85 Å². The molecule has 50 heavy (non-hydrogen) atoms. The van der Waals surface area contributed by atoms with Crippen molar-refractivity contribution in [1.29, 1.82) is 5.26 Å². The molecule has 0 aromatic carbocycles. The largest absolute Gasteiger partial charge is 0.287 e. The Labute approximate surface area is 299 Å². The molecule has 0 atom stereocenters. The average Bonchev–Trinajstić information content (AvgIpc) is 3.82. The first kappa shape index (κ1) is 32.6. The first-order valence-corrected chi connectivity index (χ1v) is 18.9. The zero-order valence-electron chi connectivity index (χ0n) is 28.6. The van der Waals surface area contributed by atoms with Gasteiger partial charge in [-0.3, -0.25) is 29.0 Å². The predicted molar refractivity (Wildman–Crippen MR) is 194 cm³/mol. The van der Waals surface area contributed by atoms with Gasteiger partial charge in [0.25, 0.3) is 29.3 Å². The number of amides is 4. The van der Waals surface area contributed by atoms with Crippen molar-refractivity contribution in [3.63, 3.8) is 0 Å². The highest BCUT2D eigenvalue weighted by Crippen LogP contribution is 2.70. The van der Waals surface area contributed by atoms with Crippen molar-refractivity contribution in [2.45, 2.75) is 83.5 Å². The summed E-state index contributed by atoms with van der Waals surface area (Å²) in [6.07, 6.45) is 17.1. The van der Waals surface area contributed by atoms with Crippen LogP contribution in [0.5, 0.6) is 0 Å². The summed E-state index contributed by atoms with van der Waals surface area (Å²) in [5, 5.41) is 9.83. The SMILES string of the molecule is [C-]#[N+]C1=C(C)/C(=C\c2cc3sc4c(c3s2)C2(CCCCC2)C2=C4C3(CCCCC3)C(/C=C3/C(=O)N(C)C(=O)C(C#N)=C3C)=C2)C(=O)N(C)C1=O. The van der Waals surface area contributed by atoms with Crippen LogP contribution < -0.4 is 0 Å². The number of thiophene rings is 2. The molecule has 2 saturated carbocycles. The minimum absolute atomic E-state index is 0.0163. The van der Waals surface area contributed by atoms with Crippen LogP contribution in [0.4, 0.5) is 0 Å². The second-order valence-corrected chi connectivity index (χ2v) is 16.6. The minimum Gasteiger partial charge on any atom is -0.287 e. The standard InChI is InChI=1S/C40H36N4O4S2/c1-21-25(35(45)43(4)37(47)27(21)20-41)16-23-17-28-30(39(23)12-8-6-9-13-39)34-31(40(28)14-10-7-11-15-40)33-29(50-34)19-24(49-33)18-26-22(2)32(42-3)38(48)44(5)36(26)46/h16-19H,6-15H2,1-2,4-5H3/b25-16+,26-18+. The third-order valence-corrected chi connectivity index (χ3v) is 14.4. The van der Waals surface area contributed by atoms with Gasteiger partial charge in [-0.2, -0.15) is 5.26 Å². The summed E-state index contributed by atoms with van der Waals surface area (Å²) in [6.45, 7) is 10.9. The van der Waals surface area contributed by atoms with E-state index in [9.17, 15) is 24.4 Å². The molecule has 8 nitrogen and oxygen atoms in total. The number of fused-ring (bicyclic) bond motifs is 7. The first-order valence-electron chi connectivity index (χ1n) is 17.3. The molecule has 4 amide bonds. The van der Waals surface area contributed by atoms with E-state index in [1.165, 1.54) is 57.9 Å². The topological polar surface area (TPSA) is 103 Å². The van der Waals surface area contributed by atoms with Crippen LogP contribution in [0.1, 0.15) is 93.4 Å². The summed E-state index contributed by atoms with van der Waals surface area (Å²) in [4.78, 5) is 59.9. The molecule has 4 heterocycles. The molecule has 2 aliphatic heterocycles. The summed E-state index contributed by atoms with van der Waals surface area (Å²) in [7, 11) is 2.88. The Morgan fingerprint density at radius 1 is 0.820 bits per heavy atom. The average molecular weight is 701 g/mol. The molecule has 8 rings (SSSR count). The number of hydrogen-bond donors (Lipinski definition) is 0. The molecule has 0 saturated heterocycles. The molecule has 2 fully saturated rings. The Balaban J connectivity index is 1.30. The molecule has 10 heteroatoms. The van der Waals surface area contributed by atoms with E-state index in [1.807, 2.05) is 29.6 Å². The number of rotatable bonds is 2. The molecule has 0 bridgehead atoms. The Morgan fingerprint density at radius 3 is 2.04 bits per heavy atom. The number of nitriles is 1. The third kappa shape index (κ3) is 4.25. The van der Waals surface area contributed by atoms with E-state index in [2.05, 4.69) is 17.0 Å². The minimum atomic E-state index is -0.561. The van der Waals surface area contributed by atoms with Crippen LogP contribution in [0.25, 0.3) is 25.9 Å². The van der Waals surface area contributed by atoms with E-state index in [0.29, 0.717) is 22.3 Å². The fraction of sp³-hybridized carbons (Fsp3) is 0.400. The lowest BCUT2D eigenvalue weighted by Gasteiger charge is -2.38. The normalized spacial score (nSPS) is 24.7. The highest BCUT2D eigenvalue weighted by Gasteiger charge is 2.56. The van der Waals surface area contributed by atoms with Gasteiger partial charge in [-0.1, -0.05) is 44.6 Å². The number of carbonyl (C=O) groups excluding carboxylic acids is 4. The van der Waals surface area contributed by atoms with Gasteiger partial charge in [0.15, 0.2) is 0 Å². The fourth-order valence-corrected chi connectivity index (χ4v) is 12.4. The first-order chi connectivity index (χ1) is 24.0. The van der Waals surface area contributed by atoms with Gasteiger partial charge in [-0.15, -0.1) is 22.7 Å². The van der Waals surface area contributed by atoms with Crippen molar-refractivity contribution in [3.8, 4) is 6.07 Å². The maximum Gasteiger partial charge on any atom is 0.271 e. The van der Waals surface area contributed by atoms with Crippen LogP contribution in [-0.2, 0) is 24.6 Å². The van der Waals surface area contributed by atoms with Gasteiger partial charge in [0.05, 0.1) is 11.3 Å². The maximum atomic E-state index is 13.6. The van der Waals surface area contributed by atoms with Crippen molar-refractivity contribution in [2.75, 3.05) is 14.1 Å². The molecular formula is C40H36N4O4S2. The molecule has 4 aliphatic carbocycles. The molecule has 2 aromatic rings. The molecular weight excluding hydrogens is 665 g/mol. The highest BCUT2D eigenvalue weighted by molar-refractivity contribution is 7.29. The number of imide groups is 2. The van der Waals surface area contributed by atoms with Crippen molar-refractivity contribution < 1.29 is 19.2 Å². The van der Waals surface area contributed by atoms with E-state index in [1.54, 1.807) is 25.2 Å². The number of hydrogen-bond acceptors (Lipinski definition) is 7. The summed E-state index contributed by atoms with van der Waals surface area (Å²) in [5.41, 5.74) is 6.67. The monoisotopic (exact) mass is 700 g/mol. The number of likely N-dealkylation sites (N-methyl/N-ethyl adjacent to an activating group) is 2. The van der Waals surface area contributed by atoms with Gasteiger partial charge in [0.2, 0.25) is 0 Å². The summed E-state index contributed by atoms with van der Waals surface area (Å²) >= 11 is 3.52. The highest BCUT2D eigenvalue weighted by atomic mass is 32.1. The maximum absolute atomic E-state index is 13.6. The molecule has 0 radical (unpaired) electrons. The van der Waals surface area contributed by atoms with Gasteiger partial charge in [0.1, 0.15) is 11.6 Å². The van der Waals surface area contributed by atoms with Crippen molar-refractivity contribution in [2.24, 2.45) is 5.41 Å². The summed E-state index contributed by atoms with van der Waals surface area (Å²) < 4.78 is 2.44. The number of nitrogens with zero attached hydrogens (tertiary/aromatic N) is 4. The van der Waals surface area contributed by atoms with Crippen LogP contribution in [0.3, 0.4) is 0 Å². The van der Waals surface area contributed by atoms with Crippen LogP contribution in [0.15, 0.2) is 62.9 Å². The van der Waals surface area contributed by atoms with Crippen LogP contribution >= 0.6 is 22.7 Å². The van der Waals surface area contributed by atoms with Crippen LogP contribution in [-0.4, -0.2) is 47.5 Å². The fourth-order valence-electron chi connectivity index (χ4n) is 9.43. The second-order valence-electron chi connectivity index (χ2n) is 14.5. The third-order valence-electron chi connectivity index (χ3n) is 12.1. The Kier molecular flexibility index (Phi) is 7.45. The van der Waals surface area contributed by atoms with E-state index in [0.717, 1.165) is 71.6 Å². The lowest BCUT2D eigenvalue weighted by atomic mass is 9.66. The lowest BCUT2D eigenvalue weighted by molar-refractivity contribution is -0.140. The molecule has 252 valence electrons. The zero-order chi connectivity index (χ0) is 35.3. The van der Waals surface area contributed by atoms with Gasteiger partial charge in [-0.05, 0) is 91.2 Å². The number of carbonyl (C=O) groups is 4. The molecule has 0 N–H and O–H groups in total. The molecule has 0 unspecified atom stereocenters. The zero-order valence-corrected chi connectivity index (χ0v) is 30.3. The van der Waals surface area contributed by atoms with E-state index in [4.69, 9.17) is 6.57 Å². The van der Waals surface area contributed by atoms with Crippen LogP contribution in [0.2, 0.25) is 0 Å². The van der Waals surface area contributed by atoms with Gasteiger partial charge >= 0.3 is 0 Å². The molecule has 6 aliphatic rings. The Bertz CT molecular complexity index is 2280. The van der Waals surface area contributed by atoms with Crippen molar-refractivity contribution in [3.05, 3.63) is 89.7 Å². The van der Waals surface area contributed by atoms with Gasteiger partial charge in [0, 0.05) is 50.5 Å². The predicted octanol–water partition coefficient (Wildman–Crippen LogP) is 8.16. The van der Waals surface area contributed by atoms with Crippen LogP contribution in [0, 0.1) is 23.3 Å². The van der Waals surface area contributed by atoms with Crippen molar-refractivity contribution in [1.82, 2.24) is 9.80 Å². The Hall–Kier alpha value is -4.64. The van der Waals surface area contributed by atoms with E-state index < -0.39 is 17.7 Å². The molecule has 2 spiro atoms. The summed E-state index contributed by atoms with van der Waals surface area (Å²) in [5.74, 6) is -1.87. The second kappa shape index (κ2) is 11.4. The molecule has 2 aromatic heterocycles. The van der Waals surface area contributed by atoms with Crippen molar-refractivity contribution >= 4 is 67.4 Å². The lowest BCUT2D eigenvalue weighted by Crippen LogP contribution is -2.39. The quantitative estimate of drug-likeness (QED) is 0.179.